The third kappa shape index (κ3) is 10.6. The standard InChI is InChI=1S/C82H70N8/c1-79(2,3)55-28-36-72-68(42-55)69-43-56(80(4,5)6)29-37-73(69)89(72)60-32-34-64(66(46-60)53-19-16-18-51(40-53)49-84)77-86-76(63-23-15-14-22-62(63)52-26-24-50(48-83)25-27-52)87-78(88-77)65-35-33-61(47-67(65)54-20-17-21-59(41-54)85-13)90-74-38-30-57(81(7,8)9)44-70(74)71-45-58(82(10,11)12)31-39-75(71)90/h14-47H,1-12H3. The molecule has 0 saturated carbocycles. The molecule has 0 aliphatic carbocycles. The Hall–Kier alpha value is -10.7. The van der Waals surface area contributed by atoms with Gasteiger partial charge in [0, 0.05) is 49.6 Å². The minimum Gasteiger partial charge on any atom is -0.309 e. The molecule has 0 saturated heterocycles. The van der Waals surface area contributed by atoms with Crippen LogP contribution < -0.4 is 0 Å². The van der Waals surface area contributed by atoms with E-state index in [4.69, 9.17) is 21.5 Å². The SMILES string of the molecule is [C-]#[N+]c1cccc(-c2cc(-n3c4ccc(C(C)(C)C)cc4c4cc(C(C)(C)C)ccc43)ccc2-c2nc(-c3ccccc3-c3ccc(C#N)cc3)nc(-c3ccc(-n4c5ccc(C(C)(C)C)cc5c5cc(C(C)(C)C)ccc54)cc3-c3cccc(C#N)c3)n2)c1. The van der Waals surface area contributed by atoms with Crippen LogP contribution in [0.15, 0.2) is 206 Å². The summed E-state index contributed by atoms with van der Waals surface area (Å²) in [7, 11) is 0. The average Bonchev–Trinajstić information content (AvgIpc) is 1.54. The van der Waals surface area contributed by atoms with E-state index in [2.05, 4.69) is 231 Å². The Morgan fingerprint density at radius 3 is 1.10 bits per heavy atom. The lowest BCUT2D eigenvalue weighted by Gasteiger charge is -2.19. The molecule has 13 rings (SSSR count). The molecule has 10 aromatic carbocycles. The molecule has 0 spiro atoms. The topological polar surface area (TPSA) is 100 Å². The third-order valence-electron chi connectivity index (χ3n) is 17.7. The van der Waals surface area contributed by atoms with Crippen molar-refractivity contribution >= 4 is 49.3 Å². The normalized spacial score (nSPS) is 12.2. The van der Waals surface area contributed by atoms with Crippen LogP contribution in [0.25, 0.3) is 127 Å². The van der Waals surface area contributed by atoms with Gasteiger partial charge in [-0.15, -0.1) is 0 Å². The van der Waals surface area contributed by atoms with Crippen LogP contribution in [-0.4, -0.2) is 24.1 Å². The predicted octanol–water partition coefficient (Wildman–Crippen LogP) is 21.6. The highest BCUT2D eigenvalue weighted by atomic mass is 15.0. The van der Waals surface area contributed by atoms with Crippen molar-refractivity contribution in [2.24, 2.45) is 0 Å². The lowest BCUT2D eigenvalue weighted by molar-refractivity contribution is 0.590. The average molecular weight is 1170 g/mol. The molecule has 0 atom stereocenters. The maximum Gasteiger partial charge on any atom is 0.187 e. The van der Waals surface area contributed by atoms with E-state index in [9.17, 15) is 10.5 Å². The Bertz CT molecular complexity index is 4780. The van der Waals surface area contributed by atoms with Gasteiger partial charge in [-0.3, -0.25) is 0 Å². The second-order valence-electron chi connectivity index (χ2n) is 28.0. The fourth-order valence-corrected chi connectivity index (χ4v) is 12.6. The van der Waals surface area contributed by atoms with E-state index in [-0.39, 0.29) is 21.7 Å². The first-order valence-electron chi connectivity index (χ1n) is 30.8. The van der Waals surface area contributed by atoms with E-state index in [1.54, 1.807) is 0 Å². The zero-order valence-corrected chi connectivity index (χ0v) is 53.2. The minimum atomic E-state index is -0.0694. The Morgan fingerprint density at radius 2 is 0.711 bits per heavy atom. The van der Waals surface area contributed by atoms with Crippen LogP contribution in [0, 0.1) is 29.2 Å². The fourth-order valence-electron chi connectivity index (χ4n) is 12.6. The Morgan fingerprint density at radius 1 is 0.333 bits per heavy atom. The molecule has 0 aliphatic heterocycles. The number of benzene rings is 10. The summed E-state index contributed by atoms with van der Waals surface area (Å²) in [6.07, 6.45) is 0. The quantitative estimate of drug-likeness (QED) is 0.141. The molecule has 90 heavy (non-hydrogen) atoms. The van der Waals surface area contributed by atoms with Crippen molar-refractivity contribution in [3.63, 3.8) is 0 Å². The molecule has 8 nitrogen and oxygen atoms in total. The summed E-state index contributed by atoms with van der Waals surface area (Å²) in [6, 6.07) is 76.4. The molecule has 0 N–H and O–H groups in total. The number of aromatic nitrogens is 5. The molecule has 8 heteroatoms. The zero-order chi connectivity index (χ0) is 63.2. The van der Waals surface area contributed by atoms with Crippen molar-refractivity contribution in [2.75, 3.05) is 0 Å². The van der Waals surface area contributed by atoms with Gasteiger partial charge in [0.05, 0.1) is 51.9 Å². The smallest absolute Gasteiger partial charge is 0.187 e. The highest BCUT2D eigenvalue weighted by Crippen LogP contribution is 2.45. The summed E-state index contributed by atoms with van der Waals surface area (Å²) in [5.41, 5.74) is 20.0. The number of nitriles is 2. The number of nitrogens with zero attached hydrogens (tertiary/aromatic N) is 8. The van der Waals surface area contributed by atoms with Crippen LogP contribution in [0.5, 0.6) is 0 Å². The van der Waals surface area contributed by atoms with Crippen LogP contribution >= 0.6 is 0 Å². The maximum atomic E-state index is 10.5. The summed E-state index contributed by atoms with van der Waals surface area (Å²) in [5.74, 6) is 1.30. The molecule has 438 valence electrons. The molecule has 0 bridgehead atoms. The number of fused-ring (bicyclic) bond motifs is 6. The molecule has 3 aromatic heterocycles. The van der Waals surface area contributed by atoms with Gasteiger partial charge in [0.1, 0.15) is 0 Å². The van der Waals surface area contributed by atoms with Crippen molar-refractivity contribution in [1.82, 2.24) is 24.1 Å². The van der Waals surface area contributed by atoms with Crippen LogP contribution in [0.2, 0.25) is 0 Å². The summed E-state index contributed by atoms with van der Waals surface area (Å²) < 4.78 is 4.72. The number of rotatable bonds is 8. The summed E-state index contributed by atoms with van der Waals surface area (Å²) in [6.45, 7) is 35.4. The lowest BCUT2D eigenvalue weighted by Crippen LogP contribution is -2.10. The second-order valence-corrected chi connectivity index (χ2v) is 28.0. The molecule has 0 fully saturated rings. The molecular formula is C82H70N8. The Kier molecular flexibility index (Phi) is 14.2. The van der Waals surface area contributed by atoms with Gasteiger partial charge in [-0.05, 0) is 193 Å². The molecule has 0 aliphatic rings. The molecule has 3 heterocycles. The molecule has 0 radical (unpaired) electrons. The zero-order valence-electron chi connectivity index (χ0n) is 53.2. The lowest BCUT2D eigenvalue weighted by atomic mass is 9.85. The van der Waals surface area contributed by atoms with Gasteiger partial charge in [-0.25, -0.2) is 19.8 Å². The largest absolute Gasteiger partial charge is 0.309 e. The summed E-state index contributed by atoms with van der Waals surface area (Å²) in [5, 5.41) is 25.0. The van der Waals surface area contributed by atoms with Gasteiger partial charge < -0.3 is 9.13 Å². The first-order chi connectivity index (χ1) is 43.0. The van der Waals surface area contributed by atoms with E-state index < -0.39 is 0 Å². The second kappa shape index (κ2) is 21.8. The van der Waals surface area contributed by atoms with Gasteiger partial charge >= 0.3 is 0 Å². The molecule has 0 unspecified atom stereocenters. The Balaban J connectivity index is 1.09. The van der Waals surface area contributed by atoms with Gasteiger partial charge in [0.2, 0.25) is 0 Å². The third-order valence-corrected chi connectivity index (χ3v) is 17.7. The van der Waals surface area contributed by atoms with Crippen molar-refractivity contribution in [2.45, 2.75) is 105 Å². The molecule has 13 aromatic rings. The maximum absolute atomic E-state index is 10.5. The first kappa shape index (κ1) is 58.3. The van der Waals surface area contributed by atoms with Crippen LogP contribution in [0.4, 0.5) is 5.69 Å². The highest BCUT2D eigenvalue weighted by molar-refractivity contribution is 6.11. The van der Waals surface area contributed by atoms with Crippen molar-refractivity contribution in [3.05, 3.63) is 251 Å². The number of hydrogen-bond acceptors (Lipinski definition) is 5. The van der Waals surface area contributed by atoms with Crippen LogP contribution in [0.3, 0.4) is 0 Å². The van der Waals surface area contributed by atoms with Gasteiger partial charge in [0.25, 0.3) is 0 Å². The van der Waals surface area contributed by atoms with E-state index in [0.717, 1.165) is 83.5 Å². The Labute approximate surface area is 527 Å². The summed E-state index contributed by atoms with van der Waals surface area (Å²) in [4.78, 5) is 20.6. The van der Waals surface area contributed by atoms with Crippen molar-refractivity contribution in [3.8, 4) is 91.1 Å². The van der Waals surface area contributed by atoms with E-state index in [1.807, 2.05) is 84.9 Å². The molecular weight excluding hydrogens is 1100 g/mol. The van der Waals surface area contributed by atoms with Gasteiger partial charge in [-0.2, -0.15) is 10.5 Å². The van der Waals surface area contributed by atoms with Crippen molar-refractivity contribution < 1.29 is 0 Å². The van der Waals surface area contributed by atoms with Crippen molar-refractivity contribution in [1.29, 1.82) is 10.5 Å². The van der Waals surface area contributed by atoms with Crippen LogP contribution in [0.1, 0.15) is 116 Å². The van der Waals surface area contributed by atoms with Crippen LogP contribution in [-0.2, 0) is 21.7 Å². The minimum absolute atomic E-state index is 0.0683. The first-order valence-corrected chi connectivity index (χ1v) is 30.8. The highest BCUT2D eigenvalue weighted by Gasteiger charge is 2.27. The molecule has 0 amide bonds. The summed E-state index contributed by atoms with van der Waals surface area (Å²) >= 11 is 0. The fraction of sp³-hybridized carbons (Fsp3) is 0.195. The van der Waals surface area contributed by atoms with E-state index in [0.29, 0.717) is 34.3 Å². The number of hydrogen-bond donors (Lipinski definition) is 0. The van der Waals surface area contributed by atoms with E-state index >= 15 is 0 Å². The van der Waals surface area contributed by atoms with Gasteiger partial charge in [0.15, 0.2) is 23.2 Å². The predicted molar refractivity (Wildman–Crippen MR) is 372 cm³/mol. The monoisotopic (exact) mass is 1170 g/mol. The van der Waals surface area contributed by atoms with Gasteiger partial charge in [-0.1, -0.05) is 174 Å². The van der Waals surface area contributed by atoms with E-state index in [1.165, 1.54) is 43.8 Å².